The van der Waals surface area contributed by atoms with Gasteiger partial charge in [0.15, 0.2) is 5.96 Å². The van der Waals surface area contributed by atoms with E-state index in [0.29, 0.717) is 17.5 Å². The van der Waals surface area contributed by atoms with Gasteiger partial charge in [0.25, 0.3) is 11.4 Å². The first kappa shape index (κ1) is 31.0. The van der Waals surface area contributed by atoms with Crippen molar-refractivity contribution in [2.75, 3.05) is 19.6 Å². The van der Waals surface area contributed by atoms with Crippen LogP contribution in [0.1, 0.15) is 24.0 Å². The van der Waals surface area contributed by atoms with Crippen molar-refractivity contribution in [3.8, 4) is 0 Å². The Morgan fingerprint density at radius 2 is 1.49 bits per heavy atom. The average Bonchev–Trinajstić information content (AvgIpc) is 3.62. The van der Waals surface area contributed by atoms with Gasteiger partial charge in [0.2, 0.25) is 5.91 Å². The summed E-state index contributed by atoms with van der Waals surface area (Å²) in [7, 11) is 0. The molecule has 0 spiro atoms. The number of ether oxygens (including phenoxy) is 2. The fourth-order valence-electron chi connectivity index (χ4n) is 4.93. The van der Waals surface area contributed by atoms with E-state index in [0.717, 1.165) is 4.90 Å². The topological polar surface area (TPSA) is 216 Å². The maximum atomic E-state index is 13.5. The molecule has 0 saturated carbocycles. The number of hydrogen-bond acceptors (Lipinski definition) is 11. The highest BCUT2D eigenvalue weighted by atomic mass is 32.1. The van der Waals surface area contributed by atoms with Gasteiger partial charge in [-0.15, -0.1) is 0 Å². The fraction of sp³-hybridized carbons (Fsp3) is 0.385. The molecule has 3 amide bonds. The molecule has 2 saturated heterocycles. The summed E-state index contributed by atoms with van der Waals surface area (Å²) in [4.78, 5) is 63.5. The summed E-state index contributed by atoms with van der Waals surface area (Å²) < 4.78 is 10.7. The zero-order valence-electron chi connectivity index (χ0n) is 22.7. The molecule has 228 valence electrons. The molecule has 4 rings (SSSR count). The maximum Gasteiger partial charge on any atom is 0.417 e. The van der Waals surface area contributed by atoms with Gasteiger partial charge in [-0.2, -0.15) is 12.6 Å². The number of nitrogens with one attached hydrogen (secondary N) is 1. The zero-order valence-corrected chi connectivity index (χ0v) is 23.6. The molecule has 17 heteroatoms. The van der Waals surface area contributed by atoms with Crippen molar-refractivity contribution in [1.82, 2.24) is 14.7 Å². The fourth-order valence-corrected chi connectivity index (χ4v) is 5.30. The number of benzene rings is 2. The molecule has 0 aliphatic carbocycles. The maximum absolute atomic E-state index is 13.5. The summed E-state index contributed by atoms with van der Waals surface area (Å²) in [5.74, 6) is -0.935. The van der Waals surface area contributed by atoms with Crippen LogP contribution in [-0.4, -0.2) is 85.6 Å². The highest BCUT2D eigenvalue weighted by molar-refractivity contribution is 7.81. The van der Waals surface area contributed by atoms with Crippen molar-refractivity contribution in [2.24, 2.45) is 5.73 Å². The lowest BCUT2D eigenvalue weighted by atomic mass is 10.2. The van der Waals surface area contributed by atoms with Gasteiger partial charge in [-0.1, -0.05) is 0 Å². The SMILES string of the molecule is N=C(N)N(C(=O)OCc1ccc([N+](=O)[O-])cc1)[C@@H]1CCN(C(=O)[C@@H]2C[C@H](S)CN2C(=O)OCc2ccc([N+](=O)[O-])cc2)C1. The second-order valence-electron chi connectivity index (χ2n) is 10.00. The molecule has 3 N–H and O–H groups in total. The van der Waals surface area contributed by atoms with E-state index in [1.165, 1.54) is 58.3 Å². The molecule has 3 atom stereocenters. The summed E-state index contributed by atoms with van der Waals surface area (Å²) in [5.41, 5.74) is 6.51. The summed E-state index contributed by atoms with van der Waals surface area (Å²) in [6.07, 6.45) is -1.05. The Bertz CT molecular complexity index is 1410. The monoisotopic (exact) mass is 615 g/mol. The number of nitrogens with zero attached hydrogens (tertiary/aromatic N) is 5. The Balaban J connectivity index is 1.34. The van der Waals surface area contributed by atoms with E-state index < -0.39 is 40.1 Å². The third-order valence-corrected chi connectivity index (χ3v) is 7.49. The van der Waals surface area contributed by atoms with Gasteiger partial charge < -0.3 is 20.1 Å². The number of nitro benzene ring substituents is 2. The molecular weight excluding hydrogens is 586 g/mol. The van der Waals surface area contributed by atoms with Crippen LogP contribution in [0.5, 0.6) is 0 Å². The molecule has 0 unspecified atom stereocenters. The van der Waals surface area contributed by atoms with Gasteiger partial charge >= 0.3 is 12.2 Å². The Morgan fingerprint density at radius 3 is 2.00 bits per heavy atom. The predicted octanol–water partition coefficient (Wildman–Crippen LogP) is 2.65. The third kappa shape index (κ3) is 7.48. The number of amides is 3. The molecule has 2 aromatic rings. The van der Waals surface area contributed by atoms with Crippen molar-refractivity contribution < 1.29 is 33.7 Å². The lowest BCUT2D eigenvalue weighted by Gasteiger charge is -2.29. The van der Waals surface area contributed by atoms with Crippen LogP contribution in [0.25, 0.3) is 0 Å². The van der Waals surface area contributed by atoms with Crippen LogP contribution < -0.4 is 5.73 Å². The summed E-state index contributed by atoms with van der Waals surface area (Å²) in [6.45, 7) is 0.0996. The zero-order chi connectivity index (χ0) is 31.3. The van der Waals surface area contributed by atoms with Crippen LogP contribution >= 0.6 is 12.6 Å². The van der Waals surface area contributed by atoms with E-state index in [1.54, 1.807) is 0 Å². The van der Waals surface area contributed by atoms with Gasteiger partial charge in [0, 0.05) is 49.1 Å². The number of non-ortho nitro benzene ring substituents is 2. The lowest BCUT2D eigenvalue weighted by molar-refractivity contribution is -0.385. The van der Waals surface area contributed by atoms with E-state index in [1.807, 2.05) is 0 Å². The molecule has 2 heterocycles. The molecule has 43 heavy (non-hydrogen) atoms. The number of guanidine groups is 1. The van der Waals surface area contributed by atoms with Gasteiger partial charge in [-0.05, 0) is 48.2 Å². The van der Waals surface area contributed by atoms with Crippen molar-refractivity contribution in [1.29, 1.82) is 5.41 Å². The summed E-state index contributed by atoms with van der Waals surface area (Å²) in [5, 5.41) is 29.3. The Kier molecular flexibility index (Phi) is 9.64. The molecule has 16 nitrogen and oxygen atoms in total. The summed E-state index contributed by atoms with van der Waals surface area (Å²) in [6, 6.07) is 9.48. The number of hydrogen-bond donors (Lipinski definition) is 3. The van der Waals surface area contributed by atoms with E-state index in [-0.39, 0.29) is 61.8 Å². The molecule has 0 bridgehead atoms. The van der Waals surface area contributed by atoms with Crippen molar-refractivity contribution in [3.05, 3.63) is 79.9 Å². The number of carbonyl (C=O) groups is 3. The first-order valence-electron chi connectivity index (χ1n) is 13.1. The third-order valence-electron chi connectivity index (χ3n) is 7.11. The predicted molar refractivity (Wildman–Crippen MR) is 153 cm³/mol. The number of rotatable bonds is 8. The van der Waals surface area contributed by atoms with Crippen LogP contribution in [0.15, 0.2) is 48.5 Å². The molecule has 2 aromatic carbocycles. The highest BCUT2D eigenvalue weighted by Crippen LogP contribution is 2.27. The Hall–Kier alpha value is -4.93. The van der Waals surface area contributed by atoms with E-state index in [4.69, 9.17) is 20.6 Å². The molecule has 0 aromatic heterocycles. The number of carbonyl (C=O) groups excluding carboxylic acids is 3. The van der Waals surface area contributed by atoms with Gasteiger partial charge in [-0.25, -0.2) is 14.5 Å². The number of likely N-dealkylation sites (tertiary alicyclic amines) is 2. The largest absolute Gasteiger partial charge is 0.445 e. The van der Waals surface area contributed by atoms with Gasteiger partial charge in [-0.3, -0.25) is 35.3 Å². The van der Waals surface area contributed by atoms with Crippen molar-refractivity contribution in [3.63, 3.8) is 0 Å². The van der Waals surface area contributed by atoms with Crippen molar-refractivity contribution in [2.45, 2.75) is 43.4 Å². The molecule has 2 aliphatic heterocycles. The van der Waals surface area contributed by atoms with Gasteiger partial charge in [0.05, 0.1) is 15.9 Å². The molecular formula is C26H29N7O9S. The minimum atomic E-state index is -0.905. The summed E-state index contributed by atoms with van der Waals surface area (Å²) >= 11 is 4.45. The van der Waals surface area contributed by atoms with Crippen LogP contribution in [0.4, 0.5) is 21.0 Å². The molecule has 0 radical (unpaired) electrons. The van der Waals surface area contributed by atoms with Crippen LogP contribution in [0.2, 0.25) is 0 Å². The first-order chi connectivity index (χ1) is 20.4. The second kappa shape index (κ2) is 13.4. The smallest absolute Gasteiger partial charge is 0.417 e. The Labute approximate surface area is 250 Å². The quantitative estimate of drug-likeness (QED) is 0.130. The van der Waals surface area contributed by atoms with Gasteiger partial charge in [0.1, 0.15) is 19.3 Å². The standard InChI is InChI=1S/C26H29N7O9S/c27-24(28)31(26(36)42-15-17-3-7-19(8-4-17)33(39)40)20-9-10-29(12-20)23(34)22-11-21(43)13-30(22)25(35)41-14-16-1-5-18(6-2-16)32(37)38/h1-8,20-22,43H,9-15H2,(H3,27,28)/t20-,21+,22+/m1/s1. The van der Waals surface area contributed by atoms with E-state index in [9.17, 15) is 34.6 Å². The van der Waals surface area contributed by atoms with E-state index >= 15 is 0 Å². The first-order valence-corrected chi connectivity index (χ1v) is 13.6. The number of nitro groups is 2. The molecule has 2 fully saturated rings. The van der Waals surface area contributed by atoms with Crippen LogP contribution in [-0.2, 0) is 27.5 Å². The number of thiol groups is 1. The highest BCUT2D eigenvalue weighted by Gasteiger charge is 2.44. The Morgan fingerprint density at radius 1 is 0.953 bits per heavy atom. The van der Waals surface area contributed by atoms with E-state index in [2.05, 4.69) is 12.6 Å². The van der Waals surface area contributed by atoms with Crippen LogP contribution in [0, 0.1) is 25.6 Å². The van der Waals surface area contributed by atoms with Crippen LogP contribution in [0.3, 0.4) is 0 Å². The number of nitrogens with two attached hydrogens (primary N) is 1. The lowest BCUT2D eigenvalue weighted by Crippen LogP contribution is -2.51. The normalized spacial score (nSPS) is 19.5. The average molecular weight is 616 g/mol. The molecule has 2 aliphatic rings. The van der Waals surface area contributed by atoms with Crippen molar-refractivity contribution >= 4 is 48.1 Å². The second-order valence-corrected chi connectivity index (χ2v) is 10.7. The minimum Gasteiger partial charge on any atom is -0.445 e. The minimum absolute atomic E-state index is 0.0461.